The fourth-order valence-electron chi connectivity index (χ4n) is 2.28. The first-order chi connectivity index (χ1) is 7.69. The zero-order valence-electron chi connectivity index (χ0n) is 9.49. The zero-order chi connectivity index (χ0) is 11.6. The van der Waals surface area contributed by atoms with Crippen LogP contribution in [-0.4, -0.2) is 23.9 Å². The third-order valence-corrected chi connectivity index (χ3v) is 3.50. The van der Waals surface area contributed by atoms with Crippen LogP contribution in [0.2, 0.25) is 0 Å². The molecule has 1 aromatic heterocycles. The van der Waals surface area contributed by atoms with Gasteiger partial charge < -0.3 is 11.1 Å². The Bertz CT molecular complexity index is 397. The Morgan fingerprint density at radius 2 is 2.50 bits per heavy atom. The SMILES string of the molecule is CCC1(C(=O)c2cnccc2N)CCNC1. The smallest absolute Gasteiger partial charge is 0.173 e. The number of aromatic nitrogens is 1. The highest BCUT2D eigenvalue weighted by atomic mass is 16.1. The lowest BCUT2D eigenvalue weighted by molar-refractivity contribution is 0.0811. The summed E-state index contributed by atoms with van der Waals surface area (Å²) in [6, 6.07) is 1.68. The molecule has 0 aliphatic carbocycles. The molecule has 1 saturated heterocycles. The number of nitrogens with zero attached hydrogens (tertiary/aromatic N) is 1. The van der Waals surface area contributed by atoms with Crippen LogP contribution >= 0.6 is 0 Å². The first kappa shape index (κ1) is 11.1. The fraction of sp³-hybridized carbons (Fsp3) is 0.500. The van der Waals surface area contributed by atoms with Crippen molar-refractivity contribution in [3.05, 3.63) is 24.0 Å². The summed E-state index contributed by atoms with van der Waals surface area (Å²) in [5.41, 5.74) is 6.63. The molecule has 86 valence electrons. The second-order valence-corrected chi connectivity index (χ2v) is 4.35. The van der Waals surface area contributed by atoms with Gasteiger partial charge in [-0.05, 0) is 25.5 Å². The fourth-order valence-corrected chi connectivity index (χ4v) is 2.28. The lowest BCUT2D eigenvalue weighted by atomic mass is 9.77. The van der Waals surface area contributed by atoms with Crippen molar-refractivity contribution in [2.45, 2.75) is 19.8 Å². The number of nitrogen functional groups attached to an aromatic ring is 1. The minimum Gasteiger partial charge on any atom is -0.398 e. The molecule has 0 saturated carbocycles. The number of carbonyl (C=O) groups excluding carboxylic acids is 1. The van der Waals surface area contributed by atoms with Crippen molar-refractivity contribution in [1.82, 2.24) is 10.3 Å². The predicted molar refractivity (Wildman–Crippen MR) is 63.2 cm³/mol. The highest BCUT2D eigenvalue weighted by Gasteiger charge is 2.40. The van der Waals surface area contributed by atoms with Crippen LogP contribution in [0, 0.1) is 5.41 Å². The number of Topliss-reactive ketones (excluding diaryl/α,β-unsaturated/α-hetero) is 1. The average Bonchev–Trinajstić information content (AvgIpc) is 2.78. The van der Waals surface area contributed by atoms with Gasteiger partial charge in [-0.25, -0.2) is 0 Å². The van der Waals surface area contributed by atoms with Crippen molar-refractivity contribution in [3.8, 4) is 0 Å². The average molecular weight is 219 g/mol. The van der Waals surface area contributed by atoms with E-state index in [1.54, 1.807) is 18.5 Å². The van der Waals surface area contributed by atoms with Crippen molar-refractivity contribution < 1.29 is 4.79 Å². The molecule has 0 radical (unpaired) electrons. The number of hydrogen-bond acceptors (Lipinski definition) is 4. The lowest BCUT2D eigenvalue weighted by Gasteiger charge is -2.25. The molecule has 4 heteroatoms. The van der Waals surface area contributed by atoms with Crippen LogP contribution in [0.1, 0.15) is 30.1 Å². The highest BCUT2D eigenvalue weighted by molar-refractivity contribution is 6.04. The van der Waals surface area contributed by atoms with Gasteiger partial charge in [-0.2, -0.15) is 0 Å². The van der Waals surface area contributed by atoms with E-state index < -0.39 is 0 Å². The number of hydrogen-bond donors (Lipinski definition) is 2. The molecule has 2 rings (SSSR count). The van der Waals surface area contributed by atoms with Gasteiger partial charge in [0.15, 0.2) is 5.78 Å². The van der Waals surface area contributed by atoms with E-state index in [-0.39, 0.29) is 11.2 Å². The van der Waals surface area contributed by atoms with Crippen molar-refractivity contribution >= 4 is 11.5 Å². The minimum atomic E-state index is -0.281. The van der Waals surface area contributed by atoms with E-state index in [0.717, 1.165) is 25.9 Å². The molecule has 1 aromatic rings. The van der Waals surface area contributed by atoms with E-state index >= 15 is 0 Å². The van der Waals surface area contributed by atoms with Crippen LogP contribution in [0.15, 0.2) is 18.5 Å². The second kappa shape index (κ2) is 4.22. The number of nitrogens with two attached hydrogens (primary N) is 1. The molecule has 4 nitrogen and oxygen atoms in total. The van der Waals surface area contributed by atoms with Crippen LogP contribution in [0.4, 0.5) is 5.69 Å². The van der Waals surface area contributed by atoms with Gasteiger partial charge in [0, 0.05) is 30.0 Å². The first-order valence-corrected chi connectivity index (χ1v) is 5.64. The van der Waals surface area contributed by atoms with Crippen molar-refractivity contribution in [2.75, 3.05) is 18.8 Å². The van der Waals surface area contributed by atoms with Crippen LogP contribution < -0.4 is 11.1 Å². The molecule has 0 bridgehead atoms. The van der Waals surface area contributed by atoms with Gasteiger partial charge in [0.2, 0.25) is 0 Å². The number of anilines is 1. The summed E-state index contributed by atoms with van der Waals surface area (Å²) < 4.78 is 0. The molecule has 2 heterocycles. The Morgan fingerprint density at radius 1 is 1.69 bits per heavy atom. The molecule has 1 unspecified atom stereocenters. The van der Waals surface area contributed by atoms with Crippen molar-refractivity contribution in [3.63, 3.8) is 0 Å². The maximum Gasteiger partial charge on any atom is 0.173 e. The highest BCUT2D eigenvalue weighted by Crippen LogP contribution is 2.34. The maximum atomic E-state index is 12.5. The Labute approximate surface area is 95.3 Å². The molecule has 0 amide bonds. The van der Waals surface area contributed by atoms with Gasteiger partial charge in [0.25, 0.3) is 0 Å². The van der Waals surface area contributed by atoms with E-state index in [2.05, 4.69) is 17.2 Å². The molecular weight excluding hydrogens is 202 g/mol. The van der Waals surface area contributed by atoms with Crippen molar-refractivity contribution in [1.29, 1.82) is 0 Å². The van der Waals surface area contributed by atoms with E-state index in [0.29, 0.717) is 11.3 Å². The van der Waals surface area contributed by atoms with Crippen molar-refractivity contribution in [2.24, 2.45) is 5.41 Å². The molecule has 1 aliphatic heterocycles. The van der Waals surface area contributed by atoms with Gasteiger partial charge in [-0.3, -0.25) is 9.78 Å². The molecule has 1 atom stereocenters. The van der Waals surface area contributed by atoms with Gasteiger partial charge in [-0.15, -0.1) is 0 Å². The maximum absolute atomic E-state index is 12.5. The quantitative estimate of drug-likeness (QED) is 0.750. The Hall–Kier alpha value is -1.42. The molecule has 1 fully saturated rings. The van der Waals surface area contributed by atoms with Crippen LogP contribution in [0.5, 0.6) is 0 Å². The Kier molecular flexibility index (Phi) is 2.92. The number of rotatable bonds is 3. The summed E-state index contributed by atoms with van der Waals surface area (Å²) in [6.07, 6.45) is 4.91. The summed E-state index contributed by atoms with van der Waals surface area (Å²) in [6.45, 7) is 3.70. The largest absolute Gasteiger partial charge is 0.398 e. The third kappa shape index (κ3) is 1.69. The molecule has 3 N–H and O–H groups in total. The Morgan fingerprint density at radius 3 is 3.06 bits per heavy atom. The molecular formula is C12H17N3O. The number of pyridine rings is 1. The molecule has 0 aromatic carbocycles. The molecule has 1 aliphatic rings. The molecule has 0 spiro atoms. The predicted octanol–water partition coefficient (Wildman–Crippen LogP) is 1.24. The van der Waals surface area contributed by atoms with Gasteiger partial charge >= 0.3 is 0 Å². The lowest BCUT2D eigenvalue weighted by Crippen LogP contribution is -2.33. The van der Waals surface area contributed by atoms with E-state index in [1.807, 2.05) is 0 Å². The Balaban J connectivity index is 2.34. The van der Waals surface area contributed by atoms with Crippen LogP contribution in [0.25, 0.3) is 0 Å². The molecule has 16 heavy (non-hydrogen) atoms. The second-order valence-electron chi connectivity index (χ2n) is 4.35. The summed E-state index contributed by atoms with van der Waals surface area (Å²) in [7, 11) is 0. The van der Waals surface area contributed by atoms with Gasteiger partial charge in [0.05, 0.1) is 5.56 Å². The third-order valence-electron chi connectivity index (χ3n) is 3.50. The first-order valence-electron chi connectivity index (χ1n) is 5.64. The van der Waals surface area contributed by atoms with Gasteiger partial charge in [-0.1, -0.05) is 6.92 Å². The summed E-state index contributed by atoms with van der Waals surface area (Å²) in [5, 5.41) is 3.25. The zero-order valence-corrected chi connectivity index (χ0v) is 9.49. The summed E-state index contributed by atoms with van der Waals surface area (Å²) >= 11 is 0. The van der Waals surface area contributed by atoms with Crippen LogP contribution in [0.3, 0.4) is 0 Å². The van der Waals surface area contributed by atoms with E-state index in [1.165, 1.54) is 0 Å². The topological polar surface area (TPSA) is 68.0 Å². The van der Waals surface area contributed by atoms with E-state index in [9.17, 15) is 4.79 Å². The van der Waals surface area contributed by atoms with Gasteiger partial charge in [0.1, 0.15) is 0 Å². The van der Waals surface area contributed by atoms with E-state index in [4.69, 9.17) is 5.73 Å². The normalized spacial score (nSPS) is 24.6. The summed E-state index contributed by atoms with van der Waals surface area (Å²) in [5.74, 6) is 0.130. The number of ketones is 1. The summed E-state index contributed by atoms with van der Waals surface area (Å²) in [4.78, 5) is 16.4. The minimum absolute atomic E-state index is 0.130. The monoisotopic (exact) mass is 219 g/mol. The number of carbonyl (C=O) groups is 1. The van der Waals surface area contributed by atoms with Crippen LogP contribution in [-0.2, 0) is 0 Å². The standard InChI is InChI=1S/C12H17N3O/c1-2-12(4-6-15-8-12)11(16)9-7-14-5-3-10(9)13/h3,5,7,15H,2,4,6,8H2,1H3,(H2,13,14). The number of nitrogens with one attached hydrogen (secondary N) is 1.